The van der Waals surface area contributed by atoms with Crippen LogP contribution in [0.15, 0.2) is 18.5 Å². The SMILES string of the molecule is Nc1ccncc1CC(N)C1CCCCS1. The molecule has 0 amide bonds. The lowest BCUT2D eigenvalue weighted by Gasteiger charge is -2.27. The molecule has 0 aliphatic carbocycles. The largest absolute Gasteiger partial charge is 0.398 e. The molecule has 16 heavy (non-hydrogen) atoms. The third-order valence-corrected chi connectivity index (χ3v) is 4.63. The number of nitrogens with zero attached hydrogens (tertiary/aromatic N) is 1. The Balaban J connectivity index is 1.96. The van der Waals surface area contributed by atoms with Gasteiger partial charge in [-0.15, -0.1) is 0 Å². The Hall–Kier alpha value is -0.740. The maximum Gasteiger partial charge on any atom is 0.0378 e. The van der Waals surface area contributed by atoms with E-state index in [1.54, 1.807) is 6.20 Å². The molecule has 88 valence electrons. The fourth-order valence-corrected chi connectivity index (χ4v) is 3.45. The average Bonchev–Trinajstić information content (AvgIpc) is 2.33. The molecule has 4 heteroatoms. The van der Waals surface area contributed by atoms with Crippen molar-refractivity contribution in [3.05, 3.63) is 24.0 Å². The maximum atomic E-state index is 6.25. The van der Waals surface area contributed by atoms with E-state index < -0.39 is 0 Å². The van der Waals surface area contributed by atoms with Crippen molar-refractivity contribution in [2.24, 2.45) is 5.73 Å². The standard InChI is InChI=1S/C12H19N3S/c13-10-4-5-15-8-9(10)7-11(14)12-3-1-2-6-16-12/h4-5,8,11-12H,1-3,6-7,14H2,(H2,13,15). The van der Waals surface area contributed by atoms with Crippen molar-refractivity contribution in [3.8, 4) is 0 Å². The lowest BCUT2D eigenvalue weighted by Crippen LogP contribution is -2.36. The number of pyridine rings is 1. The molecule has 1 fully saturated rings. The van der Waals surface area contributed by atoms with E-state index in [1.165, 1.54) is 25.0 Å². The summed E-state index contributed by atoms with van der Waals surface area (Å²) in [6, 6.07) is 2.05. The van der Waals surface area contributed by atoms with Gasteiger partial charge in [0, 0.05) is 29.4 Å². The van der Waals surface area contributed by atoms with Crippen LogP contribution in [0, 0.1) is 0 Å². The highest BCUT2D eigenvalue weighted by Crippen LogP contribution is 2.28. The molecule has 1 aliphatic heterocycles. The van der Waals surface area contributed by atoms with Crippen molar-refractivity contribution >= 4 is 17.4 Å². The minimum atomic E-state index is 0.205. The van der Waals surface area contributed by atoms with E-state index in [9.17, 15) is 0 Å². The number of hydrogen-bond donors (Lipinski definition) is 2. The molecule has 1 saturated heterocycles. The summed E-state index contributed by atoms with van der Waals surface area (Å²) in [6.45, 7) is 0. The van der Waals surface area contributed by atoms with Crippen molar-refractivity contribution in [1.82, 2.24) is 4.98 Å². The van der Waals surface area contributed by atoms with Gasteiger partial charge in [0.15, 0.2) is 0 Å². The van der Waals surface area contributed by atoms with Crippen LogP contribution in [0.2, 0.25) is 0 Å². The average molecular weight is 237 g/mol. The van der Waals surface area contributed by atoms with Gasteiger partial charge in [-0.1, -0.05) is 6.42 Å². The van der Waals surface area contributed by atoms with Crippen LogP contribution in [0.4, 0.5) is 5.69 Å². The summed E-state index contributed by atoms with van der Waals surface area (Å²) in [5.41, 5.74) is 14.0. The molecule has 0 aromatic carbocycles. The summed E-state index contributed by atoms with van der Waals surface area (Å²) in [4.78, 5) is 4.10. The van der Waals surface area contributed by atoms with Crippen molar-refractivity contribution in [2.45, 2.75) is 37.0 Å². The third kappa shape index (κ3) is 2.89. The molecule has 0 saturated carbocycles. The first kappa shape index (κ1) is 11.7. The van der Waals surface area contributed by atoms with E-state index >= 15 is 0 Å². The van der Waals surface area contributed by atoms with Crippen LogP contribution < -0.4 is 11.5 Å². The first-order valence-electron chi connectivity index (χ1n) is 5.83. The molecule has 0 bridgehead atoms. The van der Waals surface area contributed by atoms with Gasteiger partial charge in [-0.25, -0.2) is 0 Å². The number of nitrogens with two attached hydrogens (primary N) is 2. The fourth-order valence-electron chi connectivity index (χ4n) is 2.10. The zero-order valence-corrected chi connectivity index (χ0v) is 10.2. The summed E-state index contributed by atoms with van der Waals surface area (Å²) in [6.07, 6.45) is 8.29. The third-order valence-electron chi connectivity index (χ3n) is 3.09. The second-order valence-corrected chi connectivity index (χ2v) is 5.69. The highest BCUT2D eigenvalue weighted by Gasteiger charge is 2.21. The van der Waals surface area contributed by atoms with Crippen LogP contribution in [-0.2, 0) is 6.42 Å². The van der Waals surface area contributed by atoms with Crippen molar-refractivity contribution in [1.29, 1.82) is 0 Å². The smallest absolute Gasteiger partial charge is 0.0378 e. The zero-order chi connectivity index (χ0) is 11.4. The first-order valence-corrected chi connectivity index (χ1v) is 6.88. The molecular weight excluding hydrogens is 218 g/mol. The van der Waals surface area contributed by atoms with E-state index in [4.69, 9.17) is 11.5 Å². The Labute approximate surface area is 101 Å². The van der Waals surface area contributed by atoms with Crippen molar-refractivity contribution in [3.63, 3.8) is 0 Å². The van der Waals surface area contributed by atoms with E-state index in [0.717, 1.165) is 17.7 Å². The van der Waals surface area contributed by atoms with Gasteiger partial charge in [-0.3, -0.25) is 4.98 Å². The number of anilines is 1. The quantitative estimate of drug-likeness (QED) is 0.841. The Kier molecular flexibility index (Phi) is 4.07. The lowest BCUT2D eigenvalue weighted by molar-refractivity contribution is 0.559. The number of aromatic nitrogens is 1. The fraction of sp³-hybridized carbons (Fsp3) is 0.583. The number of rotatable bonds is 3. The molecule has 0 spiro atoms. The summed E-state index contributed by atoms with van der Waals surface area (Å²) >= 11 is 2.01. The maximum absolute atomic E-state index is 6.25. The van der Waals surface area contributed by atoms with E-state index in [1.807, 2.05) is 24.0 Å². The topological polar surface area (TPSA) is 64.9 Å². The monoisotopic (exact) mass is 237 g/mol. The predicted molar refractivity (Wildman–Crippen MR) is 70.4 cm³/mol. The predicted octanol–water partition coefficient (Wildman–Crippen LogP) is 1.82. The van der Waals surface area contributed by atoms with Crippen LogP contribution in [0.5, 0.6) is 0 Å². The van der Waals surface area contributed by atoms with Gasteiger partial charge >= 0.3 is 0 Å². The molecule has 2 unspecified atom stereocenters. The minimum absolute atomic E-state index is 0.205. The summed E-state index contributed by atoms with van der Waals surface area (Å²) < 4.78 is 0. The van der Waals surface area contributed by atoms with Gasteiger partial charge in [0.1, 0.15) is 0 Å². The molecule has 2 atom stereocenters. The molecule has 1 aromatic rings. The molecule has 1 aromatic heterocycles. The highest BCUT2D eigenvalue weighted by molar-refractivity contribution is 8.00. The second-order valence-electron chi connectivity index (χ2n) is 4.35. The Morgan fingerprint density at radius 3 is 3.06 bits per heavy atom. The van der Waals surface area contributed by atoms with E-state index in [-0.39, 0.29) is 6.04 Å². The molecule has 3 nitrogen and oxygen atoms in total. The highest BCUT2D eigenvalue weighted by atomic mass is 32.2. The van der Waals surface area contributed by atoms with Crippen molar-refractivity contribution in [2.75, 3.05) is 11.5 Å². The Morgan fingerprint density at radius 1 is 1.50 bits per heavy atom. The van der Waals surface area contributed by atoms with Gasteiger partial charge in [0.25, 0.3) is 0 Å². The van der Waals surface area contributed by atoms with Crippen molar-refractivity contribution < 1.29 is 0 Å². The number of thioether (sulfide) groups is 1. The van der Waals surface area contributed by atoms with E-state index in [0.29, 0.717) is 5.25 Å². The summed E-state index contributed by atoms with van der Waals surface area (Å²) in [7, 11) is 0. The zero-order valence-electron chi connectivity index (χ0n) is 9.43. The number of nitrogen functional groups attached to an aromatic ring is 1. The van der Waals surface area contributed by atoms with Gasteiger partial charge in [0.05, 0.1) is 0 Å². The second kappa shape index (κ2) is 5.55. The minimum Gasteiger partial charge on any atom is -0.398 e. The van der Waals surface area contributed by atoms with Crippen LogP contribution >= 0.6 is 11.8 Å². The van der Waals surface area contributed by atoms with Crippen LogP contribution in [0.1, 0.15) is 24.8 Å². The molecular formula is C12H19N3S. The van der Waals surface area contributed by atoms with Gasteiger partial charge < -0.3 is 11.5 Å². The van der Waals surface area contributed by atoms with E-state index in [2.05, 4.69) is 4.98 Å². The normalized spacial score (nSPS) is 22.9. The molecule has 0 radical (unpaired) electrons. The number of hydrogen-bond acceptors (Lipinski definition) is 4. The molecule has 4 N–H and O–H groups in total. The molecule has 2 rings (SSSR count). The lowest BCUT2D eigenvalue weighted by atomic mass is 10.0. The van der Waals surface area contributed by atoms with Gasteiger partial charge in [-0.05, 0) is 36.6 Å². The molecule has 2 heterocycles. The van der Waals surface area contributed by atoms with Gasteiger partial charge in [-0.2, -0.15) is 11.8 Å². The van der Waals surface area contributed by atoms with Crippen LogP contribution in [-0.4, -0.2) is 22.0 Å². The summed E-state index contributed by atoms with van der Waals surface area (Å²) in [5.74, 6) is 1.25. The van der Waals surface area contributed by atoms with Crippen LogP contribution in [0.25, 0.3) is 0 Å². The summed E-state index contributed by atoms with van der Waals surface area (Å²) in [5, 5.41) is 0.591. The Morgan fingerprint density at radius 2 is 2.38 bits per heavy atom. The Bertz CT molecular complexity index is 337. The first-order chi connectivity index (χ1) is 7.77. The van der Waals surface area contributed by atoms with Crippen LogP contribution in [0.3, 0.4) is 0 Å². The molecule has 1 aliphatic rings. The van der Waals surface area contributed by atoms with Gasteiger partial charge in [0.2, 0.25) is 0 Å².